The van der Waals surface area contributed by atoms with Crippen LogP contribution in [0.15, 0.2) is 86.0 Å². The normalized spacial score (nSPS) is 11.1. The van der Waals surface area contributed by atoms with E-state index in [4.69, 9.17) is 5.63 Å². The Hall–Kier alpha value is -1.28. The van der Waals surface area contributed by atoms with E-state index < -0.39 is 21.1 Å². The van der Waals surface area contributed by atoms with Gasteiger partial charge in [0.1, 0.15) is 0 Å². The van der Waals surface area contributed by atoms with Crippen LogP contribution in [0.2, 0.25) is 0 Å². The van der Waals surface area contributed by atoms with Gasteiger partial charge in [0.15, 0.2) is 0 Å². The second-order valence-corrected chi connectivity index (χ2v) is 13.1. The molecular weight excluding hydrogens is 363 g/mol. The quantitative estimate of drug-likeness (QED) is 0.546. The van der Waals surface area contributed by atoms with Gasteiger partial charge in [0.25, 0.3) is 0 Å². The summed E-state index contributed by atoms with van der Waals surface area (Å²) in [6.07, 6.45) is 3.61. The molecule has 0 bridgehead atoms. The molecule has 0 spiro atoms. The summed E-state index contributed by atoms with van der Waals surface area (Å²) in [6.45, 7) is 8.65. The van der Waals surface area contributed by atoms with E-state index in [0.29, 0.717) is 13.2 Å². The topological polar surface area (TPSA) is 18.5 Å². The first-order valence-electron chi connectivity index (χ1n) is 7.85. The molecule has 0 aliphatic heterocycles. The van der Waals surface area contributed by atoms with Crippen molar-refractivity contribution in [2.75, 3.05) is 13.2 Å². The molecule has 120 valence electrons. The number of hydrogen-bond acceptors (Lipinski definition) is 2. The van der Waals surface area contributed by atoms with Gasteiger partial charge in [-0.3, -0.25) is 0 Å². The molecule has 2 nitrogen and oxygen atoms in total. The zero-order chi connectivity index (χ0) is 16.4. The van der Waals surface area contributed by atoms with Crippen molar-refractivity contribution in [1.82, 2.24) is 0 Å². The molecule has 0 saturated carbocycles. The Balaban J connectivity index is 2.27. The summed E-state index contributed by atoms with van der Waals surface area (Å²) in [7, 11) is 0. The molecule has 2 aromatic rings. The van der Waals surface area contributed by atoms with Crippen LogP contribution >= 0.6 is 0 Å². The van der Waals surface area contributed by atoms with Crippen molar-refractivity contribution < 1.29 is 26.8 Å². The third-order valence-corrected chi connectivity index (χ3v) is 11.6. The molecule has 0 unspecified atom stereocenters. The minimum absolute atomic E-state index is 0.535. The Bertz CT molecular complexity index is 540. The van der Waals surface area contributed by atoms with Gasteiger partial charge in [0, 0.05) is 0 Å². The van der Waals surface area contributed by atoms with Gasteiger partial charge in [-0.05, 0) is 0 Å². The molecule has 23 heavy (non-hydrogen) atoms. The molecule has 0 aromatic heterocycles. The Morgan fingerprint density at radius 3 is 1.43 bits per heavy atom. The maximum absolute atomic E-state index is 6.31. The van der Waals surface area contributed by atoms with Gasteiger partial charge < -0.3 is 0 Å². The third kappa shape index (κ3) is 6.03. The molecule has 0 aliphatic carbocycles. The van der Waals surface area contributed by atoms with E-state index in [-0.39, 0.29) is 0 Å². The molecule has 0 amide bonds. The summed E-state index contributed by atoms with van der Waals surface area (Å²) in [5, 5.41) is 0. The molecular formula is C20H24O2Zr. The molecule has 0 atom stereocenters. The van der Waals surface area contributed by atoms with E-state index in [1.54, 1.807) is 12.2 Å². The monoisotopic (exact) mass is 386 g/mol. The van der Waals surface area contributed by atoms with Gasteiger partial charge in [-0.25, -0.2) is 0 Å². The summed E-state index contributed by atoms with van der Waals surface area (Å²) in [5.74, 6) is 0. The van der Waals surface area contributed by atoms with Crippen molar-refractivity contribution in [2.45, 2.75) is 8.26 Å². The fraction of sp³-hybridized carbons (Fsp3) is 0.200. The van der Waals surface area contributed by atoms with E-state index in [0.717, 1.165) is 8.26 Å². The Kier molecular flexibility index (Phi) is 7.68. The SMILES string of the molecule is C=CC[O][Zr]([CH2]c1ccccc1)([CH2]c1ccccc1)[O]CC=C. The van der Waals surface area contributed by atoms with E-state index in [2.05, 4.69) is 61.7 Å². The zero-order valence-electron chi connectivity index (χ0n) is 13.5. The summed E-state index contributed by atoms with van der Waals surface area (Å²) < 4.78 is 14.4. The van der Waals surface area contributed by atoms with Crippen LogP contribution in [0.4, 0.5) is 0 Å². The van der Waals surface area contributed by atoms with Gasteiger partial charge in [0.05, 0.1) is 0 Å². The van der Waals surface area contributed by atoms with Gasteiger partial charge in [-0.1, -0.05) is 0 Å². The van der Waals surface area contributed by atoms with Crippen LogP contribution in [0, 0.1) is 0 Å². The van der Waals surface area contributed by atoms with Crippen LogP contribution in [0.25, 0.3) is 0 Å². The third-order valence-electron chi connectivity index (χ3n) is 3.56. The fourth-order valence-electron chi connectivity index (χ4n) is 2.54. The Morgan fingerprint density at radius 1 is 0.696 bits per heavy atom. The maximum atomic E-state index is 6.31. The second-order valence-electron chi connectivity index (χ2n) is 5.43. The van der Waals surface area contributed by atoms with Crippen molar-refractivity contribution in [3.05, 3.63) is 97.1 Å². The van der Waals surface area contributed by atoms with Crippen LogP contribution in [-0.2, 0) is 35.0 Å². The Morgan fingerprint density at radius 2 is 1.09 bits per heavy atom. The number of hydrogen-bond donors (Lipinski definition) is 0. The molecule has 0 aliphatic rings. The molecule has 2 aromatic carbocycles. The number of benzene rings is 2. The standard InChI is InChI=1S/2C7H7.2C3H5O.Zr/c2*1-7-5-3-2-4-6-7;2*1-2-3-4;/h2*2-6H,1H2;2*2H,1,3H2;/q;;2*-1;+2. The molecule has 0 saturated heterocycles. The number of rotatable bonds is 10. The van der Waals surface area contributed by atoms with E-state index in [9.17, 15) is 0 Å². The average Bonchev–Trinajstić information content (AvgIpc) is 2.60. The fourth-order valence-corrected chi connectivity index (χ4v) is 10.3. The molecule has 0 heterocycles. The molecule has 3 heteroatoms. The summed E-state index contributed by atoms with van der Waals surface area (Å²) >= 11 is -3.35. The van der Waals surface area contributed by atoms with Crippen molar-refractivity contribution >= 4 is 0 Å². The Labute approximate surface area is 145 Å². The van der Waals surface area contributed by atoms with Crippen molar-refractivity contribution in [3.63, 3.8) is 0 Å². The zero-order valence-corrected chi connectivity index (χ0v) is 15.9. The summed E-state index contributed by atoms with van der Waals surface area (Å²) in [4.78, 5) is 0. The van der Waals surface area contributed by atoms with Gasteiger partial charge in [0.2, 0.25) is 0 Å². The van der Waals surface area contributed by atoms with E-state index in [1.807, 2.05) is 12.1 Å². The average molecular weight is 388 g/mol. The molecule has 0 radical (unpaired) electrons. The summed E-state index contributed by atoms with van der Waals surface area (Å²) in [5.41, 5.74) is 2.54. The van der Waals surface area contributed by atoms with Crippen LogP contribution in [-0.4, -0.2) is 13.2 Å². The van der Waals surface area contributed by atoms with Crippen molar-refractivity contribution in [3.8, 4) is 0 Å². The first kappa shape index (κ1) is 18.1. The predicted octanol–water partition coefficient (Wildman–Crippen LogP) is 4.78. The van der Waals surface area contributed by atoms with E-state index >= 15 is 0 Å². The summed E-state index contributed by atoms with van der Waals surface area (Å²) in [6, 6.07) is 20.9. The molecule has 0 N–H and O–H groups in total. The van der Waals surface area contributed by atoms with Gasteiger partial charge in [-0.15, -0.1) is 0 Å². The van der Waals surface area contributed by atoms with Crippen molar-refractivity contribution in [1.29, 1.82) is 0 Å². The van der Waals surface area contributed by atoms with Crippen LogP contribution in [0.1, 0.15) is 11.1 Å². The van der Waals surface area contributed by atoms with Gasteiger partial charge in [-0.2, -0.15) is 0 Å². The van der Waals surface area contributed by atoms with E-state index in [1.165, 1.54) is 11.1 Å². The van der Waals surface area contributed by atoms with Gasteiger partial charge >= 0.3 is 145 Å². The molecule has 2 rings (SSSR count). The minimum atomic E-state index is -3.35. The predicted molar refractivity (Wildman–Crippen MR) is 92.6 cm³/mol. The van der Waals surface area contributed by atoms with Crippen LogP contribution in [0.3, 0.4) is 0 Å². The first-order valence-corrected chi connectivity index (χ1v) is 13.3. The molecule has 0 fully saturated rings. The second kappa shape index (κ2) is 9.77. The van der Waals surface area contributed by atoms with Crippen LogP contribution in [0.5, 0.6) is 0 Å². The van der Waals surface area contributed by atoms with Crippen molar-refractivity contribution in [2.24, 2.45) is 0 Å². The van der Waals surface area contributed by atoms with Crippen LogP contribution < -0.4 is 0 Å². The first-order chi connectivity index (χ1) is 11.3.